The second-order valence-electron chi connectivity index (χ2n) is 5.81. The zero-order chi connectivity index (χ0) is 14.7. The molecule has 0 radical (unpaired) electrons. The van der Waals surface area contributed by atoms with Crippen LogP contribution in [0.2, 0.25) is 0 Å². The molecule has 2 aromatic rings. The zero-order valence-electron chi connectivity index (χ0n) is 12.8. The van der Waals surface area contributed by atoms with Crippen molar-refractivity contribution in [1.82, 2.24) is 15.2 Å². The molecule has 2 heterocycles. The first-order valence-corrected chi connectivity index (χ1v) is 7.77. The Kier molecular flexibility index (Phi) is 4.13. The van der Waals surface area contributed by atoms with Crippen LogP contribution in [0.15, 0.2) is 24.3 Å². The summed E-state index contributed by atoms with van der Waals surface area (Å²) in [5.74, 6) is 1.72. The van der Waals surface area contributed by atoms with E-state index in [2.05, 4.69) is 46.3 Å². The van der Waals surface area contributed by atoms with Gasteiger partial charge in [0.05, 0.1) is 0 Å². The quantitative estimate of drug-likeness (QED) is 0.845. The Balaban J connectivity index is 1.93. The Morgan fingerprint density at radius 2 is 1.52 bits per heavy atom. The maximum Gasteiger partial charge on any atom is 0.183 e. The van der Waals surface area contributed by atoms with Gasteiger partial charge in [-0.25, -0.2) is 4.98 Å². The van der Waals surface area contributed by atoms with Crippen molar-refractivity contribution >= 4 is 5.82 Å². The summed E-state index contributed by atoms with van der Waals surface area (Å²) in [5.41, 5.74) is 3.20. The van der Waals surface area contributed by atoms with Crippen LogP contribution in [-0.2, 0) is 0 Å². The van der Waals surface area contributed by atoms with Crippen molar-refractivity contribution in [3.05, 3.63) is 35.5 Å². The highest BCUT2D eigenvalue weighted by atomic mass is 15.3. The van der Waals surface area contributed by atoms with Crippen LogP contribution >= 0.6 is 0 Å². The van der Waals surface area contributed by atoms with E-state index in [1.54, 1.807) is 0 Å². The second-order valence-corrected chi connectivity index (χ2v) is 5.81. The molecule has 0 N–H and O–H groups in total. The summed E-state index contributed by atoms with van der Waals surface area (Å²) in [6, 6.07) is 8.30. The Bertz CT molecular complexity index is 599. The van der Waals surface area contributed by atoms with Gasteiger partial charge >= 0.3 is 0 Å². The van der Waals surface area contributed by atoms with Gasteiger partial charge in [-0.1, -0.05) is 42.7 Å². The fraction of sp³-hybridized carbons (Fsp3) is 0.471. The van der Waals surface area contributed by atoms with Crippen molar-refractivity contribution < 1.29 is 0 Å². The Morgan fingerprint density at radius 3 is 2.19 bits per heavy atom. The van der Waals surface area contributed by atoms with Crippen molar-refractivity contribution in [2.45, 2.75) is 39.5 Å². The summed E-state index contributed by atoms with van der Waals surface area (Å²) in [6.07, 6.45) is 5.12. The van der Waals surface area contributed by atoms with Crippen LogP contribution in [0.5, 0.6) is 0 Å². The molecule has 1 fully saturated rings. The van der Waals surface area contributed by atoms with E-state index in [4.69, 9.17) is 4.98 Å². The molecule has 1 aliphatic rings. The second kappa shape index (κ2) is 6.20. The molecule has 4 heteroatoms. The van der Waals surface area contributed by atoms with E-state index in [9.17, 15) is 0 Å². The molecular formula is C17H22N4. The molecule has 0 amide bonds. The minimum Gasteiger partial charge on any atom is -0.355 e. The van der Waals surface area contributed by atoms with Crippen LogP contribution in [0, 0.1) is 13.8 Å². The van der Waals surface area contributed by atoms with E-state index in [0.29, 0.717) is 0 Å². The maximum atomic E-state index is 4.79. The highest BCUT2D eigenvalue weighted by Gasteiger charge is 2.16. The molecule has 0 atom stereocenters. The lowest BCUT2D eigenvalue weighted by Crippen LogP contribution is -2.26. The predicted molar refractivity (Wildman–Crippen MR) is 85.4 cm³/mol. The number of hydrogen-bond acceptors (Lipinski definition) is 4. The molecule has 0 unspecified atom stereocenters. The molecular weight excluding hydrogens is 260 g/mol. The van der Waals surface area contributed by atoms with Gasteiger partial charge in [0.25, 0.3) is 0 Å². The molecule has 1 aromatic carbocycles. The van der Waals surface area contributed by atoms with E-state index in [-0.39, 0.29) is 0 Å². The molecule has 0 spiro atoms. The molecule has 110 valence electrons. The maximum absolute atomic E-state index is 4.79. The van der Waals surface area contributed by atoms with Gasteiger partial charge in [-0.05, 0) is 26.7 Å². The number of hydrogen-bond donors (Lipinski definition) is 0. The summed E-state index contributed by atoms with van der Waals surface area (Å²) in [6.45, 7) is 6.24. The van der Waals surface area contributed by atoms with E-state index >= 15 is 0 Å². The molecule has 1 aliphatic heterocycles. The van der Waals surface area contributed by atoms with Gasteiger partial charge in [0.1, 0.15) is 5.69 Å². The highest BCUT2D eigenvalue weighted by molar-refractivity contribution is 5.58. The molecule has 3 rings (SSSR count). The Morgan fingerprint density at radius 1 is 0.857 bits per heavy atom. The summed E-state index contributed by atoms with van der Waals surface area (Å²) in [4.78, 5) is 7.16. The number of nitrogens with zero attached hydrogens (tertiary/aromatic N) is 4. The van der Waals surface area contributed by atoms with Gasteiger partial charge in [0.2, 0.25) is 0 Å². The molecule has 1 aromatic heterocycles. The fourth-order valence-electron chi connectivity index (χ4n) is 2.78. The van der Waals surface area contributed by atoms with Crippen LogP contribution in [0.4, 0.5) is 5.82 Å². The first-order valence-electron chi connectivity index (χ1n) is 7.77. The number of aromatic nitrogens is 3. The average Bonchev–Trinajstić information content (AvgIpc) is 2.78. The van der Waals surface area contributed by atoms with Crippen LogP contribution < -0.4 is 4.90 Å². The smallest absolute Gasteiger partial charge is 0.183 e. The third-order valence-electron chi connectivity index (χ3n) is 4.05. The highest BCUT2D eigenvalue weighted by Crippen LogP contribution is 2.23. The van der Waals surface area contributed by atoms with Crippen molar-refractivity contribution in [2.75, 3.05) is 18.0 Å². The van der Waals surface area contributed by atoms with E-state index in [1.165, 1.54) is 31.2 Å². The van der Waals surface area contributed by atoms with Crippen LogP contribution in [0.3, 0.4) is 0 Å². The van der Waals surface area contributed by atoms with Gasteiger partial charge < -0.3 is 4.90 Å². The largest absolute Gasteiger partial charge is 0.355 e. The van der Waals surface area contributed by atoms with Gasteiger partial charge in [0, 0.05) is 18.7 Å². The molecule has 1 saturated heterocycles. The van der Waals surface area contributed by atoms with Crippen LogP contribution in [0.1, 0.15) is 36.9 Å². The minimum atomic E-state index is 0.722. The molecule has 0 bridgehead atoms. The van der Waals surface area contributed by atoms with Crippen LogP contribution in [0.25, 0.3) is 11.4 Å². The van der Waals surface area contributed by atoms with Gasteiger partial charge in [-0.3, -0.25) is 0 Å². The standard InChI is InChI=1S/C17H22N4/c1-13-7-9-15(10-8-13)16-18-17(14(2)19-20-16)21-11-5-3-4-6-12-21/h7-10H,3-6,11-12H2,1-2H3. The van der Waals surface area contributed by atoms with Gasteiger partial charge in [-0.2, -0.15) is 0 Å². The Hall–Kier alpha value is -1.97. The van der Waals surface area contributed by atoms with Gasteiger partial charge in [-0.15, -0.1) is 10.2 Å². The SMILES string of the molecule is Cc1ccc(-c2nnc(C)c(N3CCCCCC3)n2)cc1. The molecule has 0 aliphatic carbocycles. The van der Waals surface area contributed by atoms with E-state index in [0.717, 1.165) is 36.0 Å². The van der Waals surface area contributed by atoms with E-state index in [1.807, 2.05) is 6.92 Å². The summed E-state index contributed by atoms with van der Waals surface area (Å²) < 4.78 is 0. The first kappa shape index (κ1) is 14.0. The lowest BCUT2D eigenvalue weighted by atomic mass is 10.1. The zero-order valence-corrected chi connectivity index (χ0v) is 12.8. The topological polar surface area (TPSA) is 41.9 Å². The lowest BCUT2D eigenvalue weighted by molar-refractivity contribution is 0.726. The molecule has 0 saturated carbocycles. The lowest BCUT2D eigenvalue weighted by Gasteiger charge is -2.22. The number of benzene rings is 1. The van der Waals surface area contributed by atoms with Crippen molar-refractivity contribution in [3.8, 4) is 11.4 Å². The fourth-order valence-corrected chi connectivity index (χ4v) is 2.78. The van der Waals surface area contributed by atoms with Crippen molar-refractivity contribution in [1.29, 1.82) is 0 Å². The number of aryl methyl sites for hydroxylation is 2. The summed E-state index contributed by atoms with van der Waals surface area (Å²) in [7, 11) is 0. The third-order valence-corrected chi connectivity index (χ3v) is 4.05. The third kappa shape index (κ3) is 3.20. The summed E-state index contributed by atoms with van der Waals surface area (Å²) in [5, 5.41) is 8.60. The predicted octanol–water partition coefficient (Wildman–Crippen LogP) is 3.54. The summed E-state index contributed by atoms with van der Waals surface area (Å²) >= 11 is 0. The van der Waals surface area contributed by atoms with E-state index < -0.39 is 0 Å². The monoisotopic (exact) mass is 282 g/mol. The Labute approximate surface area is 126 Å². The first-order chi connectivity index (χ1) is 10.2. The average molecular weight is 282 g/mol. The molecule has 21 heavy (non-hydrogen) atoms. The van der Waals surface area contributed by atoms with Gasteiger partial charge in [0.15, 0.2) is 11.6 Å². The van der Waals surface area contributed by atoms with Crippen molar-refractivity contribution in [3.63, 3.8) is 0 Å². The van der Waals surface area contributed by atoms with Crippen LogP contribution in [-0.4, -0.2) is 28.3 Å². The number of rotatable bonds is 2. The number of anilines is 1. The van der Waals surface area contributed by atoms with Crippen molar-refractivity contribution in [2.24, 2.45) is 0 Å². The minimum absolute atomic E-state index is 0.722. The normalized spacial score (nSPS) is 15.8. The molecule has 4 nitrogen and oxygen atoms in total.